The first-order valence-electron chi connectivity index (χ1n) is 3.79. The fourth-order valence-corrected chi connectivity index (χ4v) is 1.72. The summed E-state index contributed by atoms with van der Waals surface area (Å²) >= 11 is 0. The summed E-state index contributed by atoms with van der Waals surface area (Å²) < 4.78 is 26.7. The number of benzene rings is 1. The molecule has 2 aromatic rings. The fourth-order valence-electron chi connectivity index (χ4n) is 1.12. The number of fused-ring (bicyclic) bond motifs is 1. The number of hydrogen-bond donors (Lipinski definition) is 0. The molecule has 0 aliphatic rings. The van der Waals surface area contributed by atoms with Crippen molar-refractivity contribution >= 4 is 30.8 Å². The highest BCUT2D eigenvalue weighted by Gasteiger charge is 2.18. The standard InChI is InChI=1S/C8H6ClNO3S/c1-5-2-3-7-6(4-5)10-8(13-7)14(9,11)12/h2-4H,1H3. The summed E-state index contributed by atoms with van der Waals surface area (Å²) in [5.74, 6) is 0. The first-order valence-corrected chi connectivity index (χ1v) is 6.09. The van der Waals surface area contributed by atoms with Crippen LogP contribution in [-0.4, -0.2) is 13.4 Å². The van der Waals surface area contributed by atoms with Crippen molar-refractivity contribution in [3.63, 3.8) is 0 Å². The lowest BCUT2D eigenvalue weighted by Gasteiger charge is -1.87. The first kappa shape index (κ1) is 9.48. The summed E-state index contributed by atoms with van der Waals surface area (Å²) in [5, 5.41) is -0.459. The molecular formula is C8H6ClNO3S. The van der Waals surface area contributed by atoms with Crippen LogP contribution in [-0.2, 0) is 9.05 Å². The SMILES string of the molecule is Cc1ccc2oc(S(=O)(=O)Cl)nc2c1. The smallest absolute Gasteiger partial charge is 0.332 e. The van der Waals surface area contributed by atoms with E-state index in [9.17, 15) is 8.42 Å². The Labute approximate surface area is 84.9 Å². The van der Waals surface area contributed by atoms with Crippen LogP contribution < -0.4 is 0 Å². The van der Waals surface area contributed by atoms with Crippen molar-refractivity contribution in [3.8, 4) is 0 Å². The zero-order valence-corrected chi connectivity index (χ0v) is 8.76. The van der Waals surface area contributed by atoms with Gasteiger partial charge >= 0.3 is 14.3 Å². The van der Waals surface area contributed by atoms with Crippen LogP contribution in [0.15, 0.2) is 27.8 Å². The van der Waals surface area contributed by atoms with Crippen LogP contribution in [0, 0.1) is 6.92 Å². The second-order valence-electron chi connectivity index (χ2n) is 2.89. The molecule has 0 saturated heterocycles. The predicted molar refractivity (Wildman–Crippen MR) is 51.8 cm³/mol. The normalized spacial score (nSPS) is 12.1. The Bertz CT molecular complexity index is 588. The monoisotopic (exact) mass is 231 g/mol. The molecule has 14 heavy (non-hydrogen) atoms. The Balaban J connectivity index is 2.75. The molecule has 0 amide bonds. The van der Waals surface area contributed by atoms with Crippen LogP contribution in [0.3, 0.4) is 0 Å². The Hall–Kier alpha value is -1.07. The number of nitrogens with zero attached hydrogens (tertiary/aromatic N) is 1. The van der Waals surface area contributed by atoms with Crippen molar-refractivity contribution in [2.75, 3.05) is 0 Å². The second-order valence-corrected chi connectivity index (χ2v) is 5.33. The number of halogens is 1. The molecule has 0 saturated carbocycles. The van der Waals surface area contributed by atoms with Gasteiger partial charge in [-0.05, 0) is 24.6 Å². The van der Waals surface area contributed by atoms with Gasteiger partial charge in [-0.15, -0.1) is 0 Å². The van der Waals surface area contributed by atoms with E-state index in [0.717, 1.165) is 5.56 Å². The predicted octanol–water partition coefficient (Wildman–Crippen LogP) is 2.06. The maximum Gasteiger partial charge on any atom is 0.332 e. The van der Waals surface area contributed by atoms with Crippen LogP contribution in [0.25, 0.3) is 11.1 Å². The first-order chi connectivity index (χ1) is 6.47. The zero-order valence-electron chi connectivity index (χ0n) is 7.19. The molecule has 0 atom stereocenters. The number of oxazole rings is 1. The zero-order chi connectivity index (χ0) is 10.3. The highest BCUT2D eigenvalue weighted by atomic mass is 35.7. The molecular weight excluding hydrogens is 226 g/mol. The lowest BCUT2D eigenvalue weighted by molar-refractivity contribution is 0.464. The molecule has 2 rings (SSSR count). The van der Waals surface area contributed by atoms with Crippen LogP contribution in [0.1, 0.15) is 5.56 Å². The van der Waals surface area contributed by atoms with Crippen molar-refractivity contribution in [1.29, 1.82) is 0 Å². The van der Waals surface area contributed by atoms with Crippen LogP contribution in [0.4, 0.5) is 0 Å². The number of hydrogen-bond acceptors (Lipinski definition) is 4. The lowest BCUT2D eigenvalue weighted by Crippen LogP contribution is -1.88. The van der Waals surface area contributed by atoms with Gasteiger partial charge in [0.1, 0.15) is 5.52 Å². The minimum atomic E-state index is -3.88. The van der Waals surface area contributed by atoms with Gasteiger partial charge in [-0.25, -0.2) is 8.42 Å². The fraction of sp³-hybridized carbons (Fsp3) is 0.125. The van der Waals surface area contributed by atoms with Crippen molar-refractivity contribution in [2.24, 2.45) is 0 Å². The van der Waals surface area contributed by atoms with E-state index in [4.69, 9.17) is 15.1 Å². The minimum Gasteiger partial charge on any atom is -0.427 e. The molecule has 6 heteroatoms. The maximum absolute atomic E-state index is 10.9. The molecule has 0 aliphatic carbocycles. The van der Waals surface area contributed by atoms with Gasteiger partial charge in [-0.3, -0.25) is 0 Å². The largest absolute Gasteiger partial charge is 0.427 e. The Morgan fingerprint density at radius 1 is 1.43 bits per heavy atom. The van der Waals surface area contributed by atoms with Gasteiger partial charge in [0.25, 0.3) is 0 Å². The summed E-state index contributed by atoms with van der Waals surface area (Å²) in [6.07, 6.45) is 0. The van der Waals surface area contributed by atoms with Gasteiger partial charge in [0, 0.05) is 10.7 Å². The van der Waals surface area contributed by atoms with Crippen LogP contribution in [0.5, 0.6) is 0 Å². The molecule has 1 aromatic carbocycles. The second kappa shape index (κ2) is 2.96. The third kappa shape index (κ3) is 1.60. The Morgan fingerprint density at radius 3 is 2.79 bits per heavy atom. The summed E-state index contributed by atoms with van der Waals surface area (Å²) in [4.78, 5) is 3.76. The number of aryl methyl sites for hydroxylation is 1. The van der Waals surface area contributed by atoms with E-state index in [2.05, 4.69) is 4.98 Å². The van der Waals surface area contributed by atoms with E-state index in [1.54, 1.807) is 18.2 Å². The van der Waals surface area contributed by atoms with E-state index < -0.39 is 14.3 Å². The molecule has 0 N–H and O–H groups in total. The van der Waals surface area contributed by atoms with Crippen molar-refractivity contribution in [2.45, 2.75) is 12.1 Å². The number of rotatable bonds is 1. The Kier molecular flexibility index (Phi) is 2.01. The molecule has 1 heterocycles. The molecule has 0 unspecified atom stereocenters. The minimum absolute atomic E-state index is 0.412. The van der Waals surface area contributed by atoms with Gasteiger partial charge in [-0.1, -0.05) is 6.07 Å². The molecule has 0 fully saturated rings. The average Bonchev–Trinajstić information content (AvgIpc) is 2.45. The summed E-state index contributed by atoms with van der Waals surface area (Å²) in [5.41, 5.74) is 1.88. The molecule has 0 spiro atoms. The maximum atomic E-state index is 10.9. The molecule has 1 aromatic heterocycles. The molecule has 0 radical (unpaired) electrons. The molecule has 0 aliphatic heterocycles. The third-order valence-electron chi connectivity index (χ3n) is 1.73. The van der Waals surface area contributed by atoms with E-state index in [1.807, 2.05) is 6.92 Å². The molecule has 74 valence electrons. The van der Waals surface area contributed by atoms with E-state index in [-0.39, 0.29) is 0 Å². The average molecular weight is 232 g/mol. The van der Waals surface area contributed by atoms with Crippen molar-refractivity contribution in [3.05, 3.63) is 23.8 Å². The highest BCUT2D eigenvalue weighted by molar-refractivity contribution is 8.13. The van der Waals surface area contributed by atoms with Crippen molar-refractivity contribution in [1.82, 2.24) is 4.98 Å². The molecule has 4 nitrogen and oxygen atoms in total. The summed E-state index contributed by atoms with van der Waals surface area (Å²) in [6.45, 7) is 1.88. The quantitative estimate of drug-likeness (QED) is 0.705. The summed E-state index contributed by atoms with van der Waals surface area (Å²) in [7, 11) is 1.20. The van der Waals surface area contributed by atoms with Crippen LogP contribution >= 0.6 is 10.7 Å². The summed E-state index contributed by atoms with van der Waals surface area (Å²) in [6, 6.07) is 5.19. The lowest BCUT2D eigenvalue weighted by atomic mass is 10.2. The van der Waals surface area contributed by atoms with Gasteiger partial charge < -0.3 is 4.42 Å². The molecule has 0 bridgehead atoms. The topological polar surface area (TPSA) is 60.2 Å². The highest BCUT2D eigenvalue weighted by Crippen LogP contribution is 2.21. The van der Waals surface area contributed by atoms with E-state index >= 15 is 0 Å². The Morgan fingerprint density at radius 2 is 2.14 bits per heavy atom. The van der Waals surface area contributed by atoms with E-state index in [0.29, 0.717) is 11.1 Å². The van der Waals surface area contributed by atoms with Crippen LogP contribution in [0.2, 0.25) is 0 Å². The van der Waals surface area contributed by atoms with Gasteiger partial charge in [-0.2, -0.15) is 4.98 Å². The van der Waals surface area contributed by atoms with Gasteiger partial charge in [0.2, 0.25) is 0 Å². The number of aromatic nitrogens is 1. The van der Waals surface area contributed by atoms with Crippen molar-refractivity contribution < 1.29 is 12.8 Å². The third-order valence-corrected chi connectivity index (χ3v) is 2.72. The van der Waals surface area contributed by atoms with E-state index in [1.165, 1.54) is 0 Å². The van der Waals surface area contributed by atoms with Gasteiger partial charge in [0.15, 0.2) is 5.58 Å². The van der Waals surface area contributed by atoms with Gasteiger partial charge in [0.05, 0.1) is 0 Å².